The van der Waals surface area contributed by atoms with Gasteiger partial charge in [0, 0.05) is 29.5 Å². The van der Waals surface area contributed by atoms with Crippen molar-refractivity contribution in [1.82, 2.24) is 14.9 Å². The fourth-order valence-corrected chi connectivity index (χ4v) is 5.62. The molecule has 5 rings (SSSR count). The van der Waals surface area contributed by atoms with Crippen LogP contribution in [0.25, 0.3) is 5.69 Å². The van der Waals surface area contributed by atoms with Crippen molar-refractivity contribution in [1.29, 1.82) is 0 Å². The van der Waals surface area contributed by atoms with Crippen LogP contribution in [0.5, 0.6) is 5.75 Å². The molecule has 200 valence electrons. The van der Waals surface area contributed by atoms with Gasteiger partial charge in [0.05, 0.1) is 36.4 Å². The van der Waals surface area contributed by atoms with Gasteiger partial charge in [0.1, 0.15) is 11.8 Å². The maximum absolute atomic E-state index is 12.1. The molecular weight excluding hydrogens is 538 g/mol. The predicted molar refractivity (Wildman–Crippen MR) is 152 cm³/mol. The Hall–Kier alpha value is -4.42. The Morgan fingerprint density at radius 3 is 2.59 bits per heavy atom. The molecule has 0 radical (unpaired) electrons. The highest BCUT2D eigenvalue weighted by Gasteiger charge is 2.42. The standard InChI is InChI=1S/C27H25N5O5S2/c1-37-23-12-11-19(16-21(23)30-39(2,35)36)32-25(24(29-27(32)38)20-9-3-4-13-28-20)22-10-6-14-31(22)18-8-5-7-17(15-18)26(33)34/h3-16,24-25,30H,1-2H3,(H,29,38)(H,33,34)/t24-,25-/m0/s1. The summed E-state index contributed by atoms with van der Waals surface area (Å²) in [6.07, 6.45) is 4.63. The summed E-state index contributed by atoms with van der Waals surface area (Å²) in [7, 11) is -2.13. The molecule has 2 aromatic heterocycles. The van der Waals surface area contributed by atoms with Crippen LogP contribution >= 0.6 is 12.2 Å². The lowest BCUT2D eigenvalue weighted by atomic mass is 10.0. The topological polar surface area (TPSA) is 126 Å². The molecule has 10 nitrogen and oxygen atoms in total. The van der Waals surface area contributed by atoms with E-state index in [0.717, 1.165) is 17.6 Å². The van der Waals surface area contributed by atoms with E-state index in [1.165, 1.54) is 13.2 Å². The quantitative estimate of drug-likeness (QED) is 0.271. The van der Waals surface area contributed by atoms with Crippen molar-refractivity contribution >= 4 is 44.7 Å². The van der Waals surface area contributed by atoms with Crippen molar-refractivity contribution in [2.24, 2.45) is 0 Å². The molecular formula is C27H25N5O5S2. The van der Waals surface area contributed by atoms with Crippen LogP contribution in [0.4, 0.5) is 11.4 Å². The van der Waals surface area contributed by atoms with Crippen LogP contribution in [-0.2, 0) is 10.0 Å². The molecule has 0 aliphatic carbocycles. The molecule has 0 bridgehead atoms. The van der Waals surface area contributed by atoms with Crippen molar-refractivity contribution in [3.63, 3.8) is 0 Å². The Morgan fingerprint density at radius 2 is 1.90 bits per heavy atom. The lowest BCUT2D eigenvalue weighted by molar-refractivity contribution is 0.0697. The number of carboxylic acid groups (broad SMARTS) is 1. The van der Waals surface area contributed by atoms with E-state index in [1.807, 2.05) is 52.1 Å². The van der Waals surface area contributed by atoms with Gasteiger partial charge in [0.15, 0.2) is 5.11 Å². The summed E-state index contributed by atoms with van der Waals surface area (Å²) in [5.41, 5.74) is 3.29. The van der Waals surface area contributed by atoms with E-state index >= 15 is 0 Å². The molecule has 2 aromatic carbocycles. The molecule has 3 N–H and O–H groups in total. The Balaban J connectivity index is 1.67. The van der Waals surface area contributed by atoms with E-state index in [0.29, 0.717) is 22.2 Å². The number of sulfonamides is 1. The minimum absolute atomic E-state index is 0.164. The van der Waals surface area contributed by atoms with Crippen molar-refractivity contribution in [2.75, 3.05) is 23.0 Å². The van der Waals surface area contributed by atoms with Gasteiger partial charge >= 0.3 is 5.97 Å². The highest BCUT2D eigenvalue weighted by molar-refractivity contribution is 7.92. The van der Waals surface area contributed by atoms with Gasteiger partial charge in [-0.25, -0.2) is 13.2 Å². The van der Waals surface area contributed by atoms with Crippen LogP contribution in [0.15, 0.2) is 85.2 Å². The predicted octanol–water partition coefficient (Wildman–Crippen LogP) is 4.13. The third-order valence-corrected chi connectivity index (χ3v) is 7.21. The second-order valence-corrected chi connectivity index (χ2v) is 11.0. The van der Waals surface area contributed by atoms with E-state index < -0.39 is 22.0 Å². The lowest BCUT2D eigenvalue weighted by Gasteiger charge is -2.29. The average Bonchev–Trinajstić information content (AvgIpc) is 3.52. The number of carbonyl (C=O) groups is 1. The van der Waals surface area contributed by atoms with Gasteiger partial charge in [-0.15, -0.1) is 0 Å². The molecule has 1 fully saturated rings. The van der Waals surface area contributed by atoms with Crippen molar-refractivity contribution in [2.45, 2.75) is 12.1 Å². The van der Waals surface area contributed by atoms with Crippen molar-refractivity contribution in [3.05, 3.63) is 102 Å². The smallest absolute Gasteiger partial charge is 0.335 e. The largest absolute Gasteiger partial charge is 0.495 e. The average molecular weight is 564 g/mol. The fraction of sp³-hybridized carbons (Fsp3) is 0.148. The minimum atomic E-state index is -3.59. The van der Waals surface area contributed by atoms with Gasteiger partial charge < -0.3 is 24.6 Å². The second kappa shape index (κ2) is 10.4. The number of pyridine rings is 1. The first-order valence-corrected chi connectivity index (χ1v) is 14.1. The highest BCUT2D eigenvalue weighted by atomic mass is 32.2. The summed E-state index contributed by atoms with van der Waals surface area (Å²) >= 11 is 5.81. The molecule has 39 heavy (non-hydrogen) atoms. The van der Waals surface area contributed by atoms with Gasteiger partial charge in [-0.1, -0.05) is 12.1 Å². The Morgan fingerprint density at radius 1 is 1.08 bits per heavy atom. The number of nitrogens with one attached hydrogen (secondary N) is 2. The SMILES string of the molecule is COc1ccc(N2C(=S)N[C@@H](c3ccccn3)[C@@H]2c2cccn2-c2cccc(C(=O)O)c2)cc1NS(C)(=O)=O. The number of nitrogens with zero attached hydrogens (tertiary/aromatic N) is 3. The summed E-state index contributed by atoms with van der Waals surface area (Å²) in [5.74, 6) is -0.666. The first-order chi connectivity index (χ1) is 18.7. The van der Waals surface area contributed by atoms with Crippen LogP contribution < -0.4 is 19.7 Å². The number of benzene rings is 2. The first-order valence-electron chi connectivity index (χ1n) is 11.8. The van der Waals surface area contributed by atoms with Gasteiger partial charge in [-0.3, -0.25) is 9.71 Å². The van der Waals surface area contributed by atoms with Gasteiger partial charge in [0.25, 0.3) is 0 Å². The molecule has 0 saturated carbocycles. The third kappa shape index (κ3) is 5.29. The number of aromatic carboxylic acids is 1. The molecule has 1 saturated heterocycles. The Kier molecular flexibility index (Phi) is 6.98. The van der Waals surface area contributed by atoms with Crippen LogP contribution in [0, 0.1) is 0 Å². The van der Waals surface area contributed by atoms with E-state index in [2.05, 4.69) is 15.0 Å². The van der Waals surface area contributed by atoms with Crippen LogP contribution in [0.1, 0.15) is 33.8 Å². The number of methoxy groups -OCH3 is 1. The summed E-state index contributed by atoms with van der Waals surface area (Å²) in [4.78, 5) is 18.1. The molecule has 1 aliphatic rings. The number of aromatic nitrogens is 2. The monoisotopic (exact) mass is 563 g/mol. The summed E-state index contributed by atoms with van der Waals surface area (Å²) in [6, 6.07) is 20.4. The fourth-order valence-electron chi connectivity index (χ4n) is 4.72. The summed E-state index contributed by atoms with van der Waals surface area (Å²) in [5, 5.41) is 13.3. The van der Waals surface area contributed by atoms with E-state index in [-0.39, 0.29) is 17.3 Å². The third-order valence-electron chi connectivity index (χ3n) is 6.31. The number of hydrogen-bond donors (Lipinski definition) is 3. The molecule has 0 spiro atoms. The zero-order valence-electron chi connectivity index (χ0n) is 21.0. The van der Waals surface area contributed by atoms with Crippen LogP contribution in [-0.4, -0.2) is 47.5 Å². The molecule has 3 heterocycles. The van der Waals surface area contributed by atoms with E-state index in [1.54, 1.807) is 36.5 Å². The molecule has 12 heteroatoms. The number of hydrogen-bond acceptors (Lipinski definition) is 6. The molecule has 0 unspecified atom stereocenters. The number of rotatable bonds is 8. The van der Waals surface area contributed by atoms with E-state index in [9.17, 15) is 18.3 Å². The van der Waals surface area contributed by atoms with Gasteiger partial charge in [0.2, 0.25) is 10.0 Å². The highest BCUT2D eigenvalue weighted by Crippen LogP contribution is 2.44. The number of anilines is 2. The Bertz CT molecular complexity index is 1660. The first kappa shape index (κ1) is 26.2. The zero-order valence-corrected chi connectivity index (χ0v) is 22.6. The second-order valence-electron chi connectivity index (χ2n) is 8.91. The van der Waals surface area contributed by atoms with Gasteiger partial charge in [-0.2, -0.15) is 0 Å². The summed E-state index contributed by atoms with van der Waals surface area (Å²) in [6.45, 7) is 0. The maximum atomic E-state index is 12.1. The van der Waals surface area contributed by atoms with Crippen LogP contribution in [0.3, 0.4) is 0 Å². The molecule has 4 aromatic rings. The van der Waals surface area contributed by atoms with Crippen molar-refractivity contribution < 1.29 is 23.1 Å². The van der Waals surface area contributed by atoms with Crippen LogP contribution in [0.2, 0.25) is 0 Å². The Labute approximate surface area is 230 Å². The number of carboxylic acids is 1. The molecule has 1 aliphatic heterocycles. The van der Waals surface area contributed by atoms with E-state index in [4.69, 9.17) is 17.0 Å². The molecule has 2 atom stereocenters. The van der Waals surface area contributed by atoms with Gasteiger partial charge in [-0.05, 0) is 72.9 Å². The number of thiocarbonyl (C=S) groups is 1. The normalized spacial score (nSPS) is 17.1. The lowest BCUT2D eigenvalue weighted by Crippen LogP contribution is -2.30. The number of ether oxygens (including phenoxy) is 1. The van der Waals surface area contributed by atoms with Crippen molar-refractivity contribution in [3.8, 4) is 11.4 Å². The minimum Gasteiger partial charge on any atom is -0.495 e. The maximum Gasteiger partial charge on any atom is 0.335 e. The zero-order chi connectivity index (χ0) is 27.7. The summed E-state index contributed by atoms with van der Waals surface area (Å²) < 4.78 is 33.9. The molecule has 0 amide bonds.